The van der Waals surface area contributed by atoms with Crippen LogP contribution in [0.2, 0.25) is 0 Å². The molecule has 3 rings (SSSR count). The van der Waals surface area contributed by atoms with Crippen molar-refractivity contribution in [2.45, 2.75) is 6.92 Å². The monoisotopic (exact) mass is 283 g/mol. The quantitative estimate of drug-likeness (QED) is 0.750. The first kappa shape index (κ1) is 13.4. The molecular formula is C15H17N5O. The summed E-state index contributed by atoms with van der Waals surface area (Å²) in [5.41, 5.74) is 8.17. The fourth-order valence-corrected chi connectivity index (χ4v) is 2.03. The minimum Gasteiger partial charge on any atom is -0.492 e. The Kier molecular flexibility index (Phi) is 3.70. The normalized spacial score (nSPS) is 10.8. The van der Waals surface area contributed by atoms with E-state index in [4.69, 9.17) is 10.5 Å². The van der Waals surface area contributed by atoms with Crippen LogP contribution in [0.5, 0.6) is 5.75 Å². The van der Waals surface area contributed by atoms with Crippen molar-refractivity contribution in [1.29, 1.82) is 0 Å². The smallest absolute Gasteiger partial charge is 0.247 e. The maximum Gasteiger partial charge on any atom is 0.247 e. The Balaban J connectivity index is 1.77. The first-order valence-electron chi connectivity index (χ1n) is 6.78. The zero-order valence-corrected chi connectivity index (χ0v) is 11.8. The third-order valence-electron chi connectivity index (χ3n) is 3.05. The predicted octanol–water partition coefficient (Wildman–Crippen LogP) is 2.12. The molecule has 0 spiro atoms. The van der Waals surface area contributed by atoms with E-state index < -0.39 is 0 Å². The number of aromatic nitrogens is 3. The number of nitrogens with two attached hydrogens (primary N) is 1. The lowest BCUT2D eigenvalue weighted by Crippen LogP contribution is -2.10. The zero-order chi connectivity index (χ0) is 14.7. The predicted molar refractivity (Wildman–Crippen MR) is 82.0 cm³/mol. The fourth-order valence-electron chi connectivity index (χ4n) is 2.03. The lowest BCUT2D eigenvalue weighted by atomic mass is 10.3. The van der Waals surface area contributed by atoms with Crippen LogP contribution in [0.15, 0.2) is 42.5 Å². The van der Waals surface area contributed by atoms with E-state index in [2.05, 4.69) is 15.4 Å². The molecule has 0 saturated heterocycles. The summed E-state index contributed by atoms with van der Waals surface area (Å²) in [6, 6.07) is 13.5. The fraction of sp³-hybridized carbons (Fsp3) is 0.200. The Morgan fingerprint density at radius 2 is 2.00 bits per heavy atom. The van der Waals surface area contributed by atoms with Gasteiger partial charge in [-0.25, -0.2) is 4.52 Å². The van der Waals surface area contributed by atoms with E-state index in [0.29, 0.717) is 19.1 Å². The summed E-state index contributed by atoms with van der Waals surface area (Å²) in [5, 5.41) is 7.61. The molecule has 3 aromatic rings. The maximum absolute atomic E-state index is 5.44. The number of rotatable bonds is 5. The van der Waals surface area contributed by atoms with E-state index in [1.54, 1.807) is 4.52 Å². The molecule has 0 fully saturated rings. The molecular weight excluding hydrogens is 266 g/mol. The number of ether oxygens (including phenoxy) is 1. The van der Waals surface area contributed by atoms with Gasteiger partial charge >= 0.3 is 0 Å². The van der Waals surface area contributed by atoms with Gasteiger partial charge in [-0.1, -0.05) is 6.07 Å². The third-order valence-corrected chi connectivity index (χ3v) is 3.05. The first-order valence-corrected chi connectivity index (χ1v) is 6.78. The molecule has 0 bridgehead atoms. The average molecular weight is 283 g/mol. The standard InChI is InChI=1S/C15H17N5O/c1-11-3-2-4-14-18-15(19-20(11)14)17-12-5-7-13(8-6-12)21-10-9-16/h2-8H,9-10,16H2,1H3,(H,17,19). The summed E-state index contributed by atoms with van der Waals surface area (Å²) >= 11 is 0. The van der Waals surface area contributed by atoms with Gasteiger partial charge in [0.2, 0.25) is 5.95 Å². The van der Waals surface area contributed by atoms with Crippen LogP contribution in [0.4, 0.5) is 11.6 Å². The number of hydrogen-bond donors (Lipinski definition) is 2. The van der Waals surface area contributed by atoms with Gasteiger partial charge in [-0.2, -0.15) is 4.98 Å². The summed E-state index contributed by atoms with van der Waals surface area (Å²) in [7, 11) is 0. The Morgan fingerprint density at radius 3 is 2.71 bits per heavy atom. The Morgan fingerprint density at radius 1 is 1.19 bits per heavy atom. The number of fused-ring (bicyclic) bond motifs is 1. The van der Waals surface area contributed by atoms with Crippen LogP contribution in [0.25, 0.3) is 5.65 Å². The number of anilines is 2. The summed E-state index contributed by atoms with van der Waals surface area (Å²) in [4.78, 5) is 4.43. The van der Waals surface area contributed by atoms with Crippen molar-refractivity contribution < 1.29 is 4.74 Å². The molecule has 0 aliphatic carbocycles. The van der Waals surface area contributed by atoms with Crippen molar-refractivity contribution in [2.75, 3.05) is 18.5 Å². The van der Waals surface area contributed by atoms with Crippen molar-refractivity contribution in [3.63, 3.8) is 0 Å². The number of hydrogen-bond acceptors (Lipinski definition) is 5. The van der Waals surface area contributed by atoms with E-state index >= 15 is 0 Å². The van der Waals surface area contributed by atoms with Crippen LogP contribution in [0, 0.1) is 6.92 Å². The summed E-state index contributed by atoms with van der Waals surface area (Å²) in [5.74, 6) is 1.37. The first-order chi connectivity index (χ1) is 10.3. The minimum absolute atomic E-state index is 0.504. The van der Waals surface area contributed by atoms with Crippen LogP contribution in [-0.4, -0.2) is 27.7 Å². The lowest BCUT2D eigenvalue weighted by Gasteiger charge is -2.05. The van der Waals surface area contributed by atoms with Crippen molar-refractivity contribution in [3.05, 3.63) is 48.2 Å². The molecule has 0 aliphatic rings. The van der Waals surface area contributed by atoms with Crippen molar-refractivity contribution >= 4 is 17.3 Å². The molecule has 0 radical (unpaired) electrons. The molecule has 108 valence electrons. The van der Waals surface area contributed by atoms with Gasteiger partial charge in [0.25, 0.3) is 0 Å². The van der Waals surface area contributed by atoms with Crippen LogP contribution in [0.1, 0.15) is 5.69 Å². The number of nitrogens with zero attached hydrogens (tertiary/aromatic N) is 3. The van der Waals surface area contributed by atoms with Crippen molar-refractivity contribution in [2.24, 2.45) is 5.73 Å². The van der Waals surface area contributed by atoms with Crippen molar-refractivity contribution in [3.8, 4) is 5.75 Å². The van der Waals surface area contributed by atoms with Gasteiger partial charge < -0.3 is 15.8 Å². The Labute approximate surface area is 122 Å². The highest BCUT2D eigenvalue weighted by Gasteiger charge is 2.05. The largest absolute Gasteiger partial charge is 0.492 e. The lowest BCUT2D eigenvalue weighted by molar-refractivity contribution is 0.328. The minimum atomic E-state index is 0.504. The molecule has 0 saturated carbocycles. The highest BCUT2D eigenvalue weighted by Crippen LogP contribution is 2.19. The molecule has 0 amide bonds. The van der Waals surface area contributed by atoms with Crippen LogP contribution in [0.3, 0.4) is 0 Å². The van der Waals surface area contributed by atoms with E-state index in [-0.39, 0.29) is 0 Å². The van der Waals surface area contributed by atoms with Gasteiger partial charge in [-0.3, -0.25) is 0 Å². The highest BCUT2D eigenvalue weighted by molar-refractivity contribution is 5.56. The molecule has 1 aromatic carbocycles. The van der Waals surface area contributed by atoms with Crippen LogP contribution >= 0.6 is 0 Å². The summed E-state index contributed by atoms with van der Waals surface area (Å²) < 4.78 is 7.24. The number of nitrogens with one attached hydrogen (secondary N) is 1. The van der Waals surface area contributed by atoms with Gasteiger partial charge in [0.15, 0.2) is 5.65 Å². The molecule has 21 heavy (non-hydrogen) atoms. The van der Waals surface area contributed by atoms with Gasteiger partial charge in [0.05, 0.1) is 0 Å². The second kappa shape index (κ2) is 5.80. The Bertz CT molecular complexity index is 735. The zero-order valence-electron chi connectivity index (χ0n) is 11.8. The molecule has 6 heteroatoms. The summed E-state index contributed by atoms with van der Waals surface area (Å²) in [6.45, 7) is 3.01. The maximum atomic E-state index is 5.44. The summed E-state index contributed by atoms with van der Waals surface area (Å²) in [6.07, 6.45) is 0. The molecule has 0 unspecified atom stereocenters. The highest BCUT2D eigenvalue weighted by atomic mass is 16.5. The number of pyridine rings is 1. The van der Waals surface area contributed by atoms with Crippen LogP contribution in [-0.2, 0) is 0 Å². The second-order valence-corrected chi connectivity index (χ2v) is 4.66. The molecule has 6 nitrogen and oxygen atoms in total. The molecule has 2 heterocycles. The Hall–Kier alpha value is -2.60. The number of benzene rings is 1. The van der Waals surface area contributed by atoms with Gasteiger partial charge in [0, 0.05) is 17.9 Å². The molecule has 0 aliphatic heterocycles. The topological polar surface area (TPSA) is 77.5 Å². The molecule has 3 N–H and O–H groups in total. The van der Waals surface area contributed by atoms with Gasteiger partial charge in [0.1, 0.15) is 12.4 Å². The number of aryl methyl sites for hydroxylation is 1. The van der Waals surface area contributed by atoms with E-state index in [1.165, 1.54) is 0 Å². The van der Waals surface area contributed by atoms with E-state index in [0.717, 1.165) is 22.8 Å². The van der Waals surface area contributed by atoms with E-state index in [1.807, 2.05) is 49.4 Å². The third kappa shape index (κ3) is 2.95. The van der Waals surface area contributed by atoms with Crippen LogP contribution < -0.4 is 15.8 Å². The van der Waals surface area contributed by atoms with E-state index in [9.17, 15) is 0 Å². The second-order valence-electron chi connectivity index (χ2n) is 4.66. The molecule has 2 aromatic heterocycles. The molecule has 0 atom stereocenters. The SMILES string of the molecule is Cc1cccc2nc(Nc3ccc(OCCN)cc3)nn12. The van der Waals surface area contributed by atoms with Gasteiger partial charge in [-0.15, -0.1) is 5.10 Å². The average Bonchev–Trinajstić information content (AvgIpc) is 2.91. The van der Waals surface area contributed by atoms with Crippen molar-refractivity contribution in [1.82, 2.24) is 14.6 Å². The van der Waals surface area contributed by atoms with Gasteiger partial charge in [-0.05, 0) is 43.3 Å².